The summed E-state index contributed by atoms with van der Waals surface area (Å²) in [6, 6.07) is 8.20. The van der Waals surface area contributed by atoms with E-state index >= 15 is 0 Å². The van der Waals surface area contributed by atoms with Gasteiger partial charge < -0.3 is 4.74 Å². The molecule has 0 amide bonds. The van der Waals surface area contributed by atoms with Gasteiger partial charge in [-0.1, -0.05) is 31.2 Å². The van der Waals surface area contributed by atoms with Crippen LogP contribution >= 0.6 is 0 Å². The fourth-order valence-electron chi connectivity index (χ4n) is 2.89. The largest absolute Gasteiger partial charge is 0.466 e. The number of aliphatic imine (C=N–C) groups is 1. The molecule has 0 aliphatic carbocycles. The van der Waals surface area contributed by atoms with E-state index in [2.05, 4.69) is 31.0 Å². The van der Waals surface area contributed by atoms with Crippen LogP contribution < -0.4 is 0 Å². The van der Waals surface area contributed by atoms with Crippen molar-refractivity contribution in [1.82, 2.24) is 0 Å². The highest BCUT2D eigenvalue weighted by molar-refractivity contribution is 5.97. The molecule has 0 saturated heterocycles. The van der Waals surface area contributed by atoms with Crippen molar-refractivity contribution < 1.29 is 9.53 Å². The van der Waals surface area contributed by atoms with Crippen molar-refractivity contribution in [2.24, 2.45) is 10.9 Å². The third-order valence-electron chi connectivity index (χ3n) is 4.13. The number of esters is 1. The van der Waals surface area contributed by atoms with Crippen molar-refractivity contribution in [2.45, 2.75) is 33.6 Å². The van der Waals surface area contributed by atoms with Crippen molar-refractivity contribution in [2.75, 3.05) is 7.11 Å². The lowest BCUT2D eigenvalue weighted by molar-refractivity contribution is -0.136. The molecular formula is C17H21NO2. The minimum atomic E-state index is -0.279. The average Bonchev–Trinajstić information content (AvgIpc) is 2.42. The van der Waals surface area contributed by atoms with Crippen molar-refractivity contribution in [3.63, 3.8) is 0 Å². The van der Waals surface area contributed by atoms with Crippen LogP contribution in [-0.4, -0.2) is 18.8 Å². The van der Waals surface area contributed by atoms with Crippen LogP contribution in [0.25, 0.3) is 0 Å². The van der Waals surface area contributed by atoms with Gasteiger partial charge in [-0.25, -0.2) is 4.79 Å². The van der Waals surface area contributed by atoms with E-state index in [0.29, 0.717) is 5.57 Å². The lowest BCUT2D eigenvalue weighted by atomic mass is 9.75. The van der Waals surface area contributed by atoms with Crippen LogP contribution in [0.15, 0.2) is 40.5 Å². The summed E-state index contributed by atoms with van der Waals surface area (Å²) in [6.45, 7) is 8.10. The number of aryl methyl sites for hydroxylation is 1. The Balaban J connectivity index is 2.62. The maximum absolute atomic E-state index is 12.2. The predicted molar refractivity (Wildman–Crippen MR) is 80.9 cm³/mol. The molecule has 2 atom stereocenters. The molecule has 0 saturated carbocycles. The van der Waals surface area contributed by atoms with Gasteiger partial charge in [0.25, 0.3) is 0 Å². The van der Waals surface area contributed by atoms with Gasteiger partial charge in [-0.3, -0.25) is 4.99 Å². The Kier molecular flexibility index (Phi) is 4.07. The van der Waals surface area contributed by atoms with Crippen LogP contribution in [0.4, 0.5) is 0 Å². The summed E-state index contributed by atoms with van der Waals surface area (Å²) in [6.07, 6.45) is 0. The number of benzene rings is 1. The summed E-state index contributed by atoms with van der Waals surface area (Å²) in [5.41, 5.74) is 4.87. The van der Waals surface area contributed by atoms with Crippen molar-refractivity contribution in [3.8, 4) is 0 Å². The van der Waals surface area contributed by atoms with E-state index in [1.54, 1.807) is 0 Å². The predicted octanol–water partition coefficient (Wildman–Crippen LogP) is 3.64. The number of carbonyl (C=O) groups excluding carboxylic acids is 1. The number of methoxy groups -OCH3 is 1. The molecule has 106 valence electrons. The van der Waals surface area contributed by atoms with Crippen LogP contribution in [0, 0.1) is 12.8 Å². The van der Waals surface area contributed by atoms with Crippen LogP contribution in [0.3, 0.4) is 0 Å². The van der Waals surface area contributed by atoms with Crippen LogP contribution in [-0.2, 0) is 9.53 Å². The van der Waals surface area contributed by atoms with Gasteiger partial charge in [0.1, 0.15) is 0 Å². The van der Waals surface area contributed by atoms with E-state index in [0.717, 1.165) is 11.4 Å². The maximum atomic E-state index is 12.2. The Morgan fingerprint density at radius 3 is 2.45 bits per heavy atom. The smallest absolute Gasteiger partial charge is 0.336 e. The van der Waals surface area contributed by atoms with Gasteiger partial charge >= 0.3 is 5.97 Å². The van der Waals surface area contributed by atoms with Gasteiger partial charge in [0, 0.05) is 23.2 Å². The molecule has 1 aromatic rings. The van der Waals surface area contributed by atoms with E-state index in [4.69, 9.17) is 4.74 Å². The quantitative estimate of drug-likeness (QED) is 0.770. The molecule has 3 heteroatoms. The molecule has 0 N–H and O–H groups in total. The number of nitrogens with zero attached hydrogens (tertiary/aromatic N) is 1. The molecule has 2 unspecified atom stereocenters. The Labute approximate surface area is 120 Å². The number of carbonyl (C=O) groups is 1. The molecule has 0 aromatic heterocycles. The fourth-order valence-corrected chi connectivity index (χ4v) is 2.89. The molecular weight excluding hydrogens is 250 g/mol. The Morgan fingerprint density at radius 1 is 1.20 bits per heavy atom. The highest BCUT2D eigenvalue weighted by atomic mass is 16.5. The fraction of sp³-hybridized carbons (Fsp3) is 0.412. The second-order valence-corrected chi connectivity index (χ2v) is 5.37. The normalized spacial score (nSPS) is 22.6. The summed E-state index contributed by atoms with van der Waals surface area (Å²) >= 11 is 0. The molecule has 3 nitrogen and oxygen atoms in total. The zero-order valence-corrected chi connectivity index (χ0v) is 12.7. The Morgan fingerprint density at radius 2 is 1.85 bits per heavy atom. The molecule has 1 heterocycles. The van der Waals surface area contributed by atoms with Gasteiger partial charge in [-0.15, -0.1) is 0 Å². The number of ether oxygens (including phenoxy) is 1. The topological polar surface area (TPSA) is 38.7 Å². The van der Waals surface area contributed by atoms with Gasteiger partial charge in [0.05, 0.1) is 12.7 Å². The number of allylic oxidation sites excluding steroid dienone is 1. The number of rotatable bonds is 2. The van der Waals surface area contributed by atoms with Gasteiger partial charge in [0.2, 0.25) is 0 Å². The molecule has 1 aliphatic heterocycles. The second kappa shape index (κ2) is 5.61. The standard InChI is InChI=1S/C17H21NO2/c1-10-8-6-7-9-14(10)15-11(2)12(3)18-13(4)16(15)17(19)20-5/h6-9,11,15H,1-5H3. The molecule has 1 aromatic carbocycles. The zero-order valence-electron chi connectivity index (χ0n) is 12.7. The summed E-state index contributed by atoms with van der Waals surface area (Å²) < 4.78 is 4.97. The maximum Gasteiger partial charge on any atom is 0.336 e. The first-order chi connectivity index (χ1) is 9.47. The summed E-state index contributed by atoms with van der Waals surface area (Å²) in [5.74, 6) is -0.0751. The van der Waals surface area contributed by atoms with E-state index in [9.17, 15) is 4.79 Å². The Hall–Kier alpha value is -1.90. The van der Waals surface area contributed by atoms with Crippen molar-refractivity contribution in [3.05, 3.63) is 46.7 Å². The first kappa shape index (κ1) is 14.5. The average molecular weight is 271 g/mol. The van der Waals surface area contributed by atoms with Gasteiger partial charge in [0.15, 0.2) is 0 Å². The van der Waals surface area contributed by atoms with E-state index in [1.165, 1.54) is 18.2 Å². The highest BCUT2D eigenvalue weighted by Crippen LogP contribution is 2.40. The monoisotopic (exact) mass is 271 g/mol. The van der Waals surface area contributed by atoms with Crippen molar-refractivity contribution in [1.29, 1.82) is 0 Å². The molecule has 20 heavy (non-hydrogen) atoms. The molecule has 0 fully saturated rings. The Bertz CT molecular complexity index is 599. The molecule has 0 spiro atoms. The van der Waals surface area contributed by atoms with E-state index in [1.807, 2.05) is 26.0 Å². The van der Waals surface area contributed by atoms with Crippen LogP contribution in [0.5, 0.6) is 0 Å². The zero-order chi connectivity index (χ0) is 14.9. The number of hydrogen-bond donors (Lipinski definition) is 0. The lowest BCUT2D eigenvalue weighted by Gasteiger charge is -2.31. The lowest BCUT2D eigenvalue weighted by Crippen LogP contribution is -2.28. The SMILES string of the molecule is COC(=O)C1=C(C)N=C(C)C(C)C1c1ccccc1C. The van der Waals surface area contributed by atoms with Gasteiger partial charge in [-0.2, -0.15) is 0 Å². The molecule has 0 bridgehead atoms. The van der Waals surface area contributed by atoms with Crippen LogP contribution in [0.1, 0.15) is 37.8 Å². The van der Waals surface area contributed by atoms with E-state index in [-0.39, 0.29) is 17.8 Å². The second-order valence-electron chi connectivity index (χ2n) is 5.37. The molecule has 2 rings (SSSR count). The van der Waals surface area contributed by atoms with E-state index < -0.39 is 0 Å². The van der Waals surface area contributed by atoms with Crippen LogP contribution in [0.2, 0.25) is 0 Å². The minimum Gasteiger partial charge on any atom is -0.466 e. The molecule has 1 aliphatic rings. The first-order valence-electron chi connectivity index (χ1n) is 6.87. The van der Waals surface area contributed by atoms with Crippen molar-refractivity contribution >= 4 is 11.7 Å². The highest BCUT2D eigenvalue weighted by Gasteiger charge is 2.35. The third-order valence-corrected chi connectivity index (χ3v) is 4.13. The molecule has 0 radical (unpaired) electrons. The third kappa shape index (κ3) is 2.40. The summed E-state index contributed by atoms with van der Waals surface area (Å²) in [5, 5.41) is 0. The number of hydrogen-bond acceptors (Lipinski definition) is 3. The van der Waals surface area contributed by atoms with Gasteiger partial charge in [-0.05, 0) is 31.9 Å². The summed E-state index contributed by atoms with van der Waals surface area (Å²) in [4.78, 5) is 16.7. The summed E-state index contributed by atoms with van der Waals surface area (Å²) in [7, 11) is 1.42. The minimum absolute atomic E-state index is 0.0150. The first-order valence-corrected chi connectivity index (χ1v) is 6.87.